The molecule has 2 rings (SSSR count). The Morgan fingerprint density at radius 2 is 2.35 bits per heavy atom. The summed E-state index contributed by atoms with van der Waals surface area (Å²) >= 11 is 0. The maximum Gasteiger partial charge on any atom is 0.323 e. The highest BCUT2D eigenvalue weighted by atomic mass is 16.4. The van der Waals surface area contributed by atoms with Crippen LogP contribution in [0, 0.1) is 0 Å². The Labute approximate surface area is 119 Å². The molecule has 1 atom stereocenters. The number of aromatic nitrogens is 3. The van der Waals surface area contributed by atoms with Crippen molar-refractivity contribution in [2.75, 3.05) is 19.6 Å². The molecule has 20 heavy (non-hydrogen) atoms. The van der Waals surface area contributed by atoms with Crippen LogP contribution in [0.15, 0.2) is 6.33 Å². The molecule has 0 spiro atoms. The van der Waals surface area contributed by atoms with E-state index in [0.717, 1.165) is 45.0 Å². The zero-order valence-corrected chi connectivity index (χ0v) is 12.2. The Balaban J connectivity index is 1.89. The van der Waals surface area contributed by atoms with Crippen LogP contribution in [-0.2, 0) is 17.9 Å². The van der Waals surface area contributed by atoms with E-state index < -0.39 is 11.5 Å². The predicted octanol–water partition coefficient (Wildman–Crippen LogP) is 0.327. The highest BCUT2D eigenvalue weighted by Gasteiger charge is 2.32. The fourth-order valence-corrected chi connectivity index (χ4v) is 2.36. The summed E-state index contributed by atoms with van der Waals surface area (Å²) in [6, 6.07) is 0. The Morgan fingerprint density at radius 1 is 1.55 bits per heavy atom. The van der Waals surface area contributed by atoms with E-state index in [9.17, 15) is 9.90 Å². The Hall–Kier alpha value is -1.47. The Morgan fingerprint density at radius 3 is 3.05 bits per heavy atom. The van der Waals surface area contributed by atoms with Gasteiger partial charge in [-0.25, -0.2) is 0 Å². The van der Waals surface area contributed by atoms with Gasteiger partial charge in [0.25, 0.3) is 0 Å². The summed E-state index contributed by atoms with van der Waals surface area (Å²) in [5.41, 5.74) is -0.860. The number of nitrogens with one attached hydrogen (secondary N) is 1. The second-order valence-corrected chi connectivity index (χ2v) is 5.53. The van der Waals surface area contributed by atoms with Gasteiger partial charge in [-0.2, -0.15) is 0 Å². The van der Waals surface area contributed by atoms with E-state index in [1.807, 2.05) is 11.5 Å². The van der Waals surface area contributed by atoms with Crippen LogP contribution >= 0.6 is 0 Å². The molecule has 1 aromatic rings. The normalized spacial score (nSPS) is 18.5. The largest absolute Gasteiger partial charge is 0.480 e. The van der Waals surface area contributed by atoms with Crippen molar-refractivity contribution in [1.29, 1.82) is 0 Å². The Bertz CT molecular complexity index is 461. The fourth-order valence-electron chi connectivity index (χ4n) is 2.36. The summed E-state index contributed by atoms with van der Waals surface area (Å²) in [4.78, 5) is 13.7. The fraction of sp³-hybridized carbons (Fsp3) is 0.769. The summed E-state index contributed by atoms with van der Waals surface area (Å²) in [6.45, 7) is 7.78. The van der Waals surface area contributed by atoms with Crippen LogP contribution in [0.4, 0.5) is 0 Å². The van der Waals surface area contributed by atoms with Gasteiger partial charge < -0.3 is 15.0 Å². The van der Waals surface area contributed by atoms with Gasteiger partial charge in [0.2, 0.25) is 0 Å². The first-order chi connectivity index (χ1) is 9.55. The van der Waals surface area contributed by atoms with Gasteiger partial charge >= 0.3 is 5.97 Å². The number of carboxylic acid groups (broad SMARTS) is 1. The van der Waals surface area contributed by atoms with E-state index in [-0.39, 0.29) is 0 Å². The summed E-state index contributed by atoms with van der Waals surface area (Å²) in [7, 11) is 0. The summed E-state index contributed by atoms with van der Waals surface area (Å²) in [6.07, 6.45) is 3.25. The summed E-state index contributed by atoms with van der Waals surface area (Å²) in [5, 5.41) is 20.5. The molecule has 1 aliphatic rings. The number of carboxylic acids is 1. The van der Waals surface area contributed by atoms with Crippen LogP contribution in [0.1, 0.15) is 32.5 Å². The van der Waals surface area contributed by atoms with Gasteiger partial charge in [-0.15, -0.1) is 10.2 Å². The molecule has 2 N–H and O–H groups in total. The zero-order chi connectivity index (χ0) is 14.6. The van der Waals surface area contributed by atoms with Crippen LogP contribution < -0.4 is 5.32 Å². The molecule has 112 valence electrons. The van der Waals surface area contributed by atoms with Gasteiger partial charge in [-0.05, 0) is 26.3 Å². The second-order valence-electron chi connectivity index (χ2n) is 5.53. The van der Waals surface area contributed by atoms with E-state index in [0.29, 0.717) is 6.42 Å². The van der Waals surface area contributed by atoms with Crippen molar-refractivity contribution in [1.82, 2.24) is 25.0 Å². The average molecular weight is 281 g/mol. The third-order valence-corrected chi connectivity index (χ3v) is 3.88. The van der Waals surface area contributed by atoms with Crippen LogP contribution in [-0.4, -0.2) is 55.9 Å². The molecule has 0 radical (unpaired) electrons. The number of nitrogens with zero attached hydrogens (tertiary/aromatic N) is 4. The molecule has 7 nitrogen and oxygen atoms in total. The molecule has 0 aliphatic carbocycles. The van der Waals surface area contributed by atoms with E-state index in [1.165, 1.54) is 0 Å². The van der Waals surface area contributed by atoms with Gasteiger partial charge in [-0.3, -0.25) is 9.69 Å². The lowest BCUT2D eigenvalue weighted by Crippen LogP contribution is -2.52. The molecule has 0 bridgehead atoms. The van der Waals surface area contributed by atoms with Crippen molar-refractivity contribution in [2.24, 2.45) is 0 Å². The maximum absolute atomic E-state index is 11.4. The average Bonchev–Trinajstić information content (AvgIpc) is 2.90. The molecular formula is C13H23N5O2. The van der Waals surface area contributed by atoms with Gasteiger partial charge in [-0.1, -0.05) is 6.92 Å². The highest BCUT2D eigenvalue weighted by molar-refractivity contribution is 5.78. The van der Waals surface area contributed by atoms with Crippen molar-refractivity contribution < 1.29 is 9.90 Å². The van der Waals surface area contributed by atoms with E-state index in [2.05, 4.69) is 20.4 Å². The number of hydrogen-bond acceptors (Lipinski definition) is 5. The molecule has 0 saturated carbocycles. The van der Waals surface area contributed by atoms with Crippen molar-refractivity contribution >= 4 is 5.97 Å². The van der Waals surface area contributed by atoms with Gasteiger partial charge in [0.15, 0.2) is 0 Å². The second kappa shape index (κ2) is 6.32. The maximum atomic E-state index is 11.4. The standard InChI is InChI=1S/C13H23N5O2/c1-3-5-14-13(2,12(19)20)4-6-17-7-8-18-10-15-16-11(18)9-17/h10,14H,3-9H2,1-2H3,(H,19,20). The van der Waals surface area contributed by atoms with E-state index in [4.69, 9.17) is 0 Å². The number of fused-ring (bicyclic) bond motifs is 1. The van der Waals surface area contributed by atoms with E-state index in [1.54, 1.807) is 13.3 Å². The minimum absolute atomic E-state index is 0.580. The number of rotatable bonds is 7. The number of aliphatic carboxylic acids is 1. The minimum atomic E-state index is -0.860. The third-order valence-electron chi connectivity index (χ3n) is 3.88. The molecule has 1 unspecified atom stereocenters. The first kappa shape index (κ1) is 14.9. The minimum Gasteiger partial charge on any atom is -0.480 e. The molecule has 1 aromatic heterocycles. The van der Waals surface area contributed by atoms with Crippen LogP contribution in [0.3, 0.4) is 0 Å². The lowest BCUT2D eigenvalue weighted by atomic mass is 9.97. The third kappa shape index (κ3) is 3.34. The predicted molar refractivity (Wildman–Crippen MR) is 74.3 cm³/mol. The van der Waals surface area contributed by atoms with Crippen molar-refractivity contribution in [3.8, 4) is 0 Å². The quantitative estimate of drug-likeness (QED) is 0.749. The molecular weight excluding hydrogens is 258 g/mol. The van der Waals surface area contributed by atoms with Crippen molar-refractivity contribution in [3.63, 3.8) is 0 Å². The lowest BCUT2D eigenvalue weighted by molar-refractivity contribution is -0.144. The topological polar surface area (TPSA) is 83.3 Å². The van der Waals surface area contributed by atoms with Crippen LogP contribution in [0.2, 0.25) is 0 Å². The first-order valence-corrected chi connectivity index (χ1v) is 7.12. The summed E-state index contributed by atoms with van der Waals surface area (Å²) in [5.74, 6) is 0.168. The molecule has 0 saturated heterocycles. The lowest BCUT2D eigenvalue weighted by Gasteiger charge is -2.32. The molecule has 7 heteroatoms. The van der Waals surface area contributed by atoms with Gasteiger partial charge in [0.05, 0.1) is 6.54 Å². The molecule has 2 heterocycles. The van der Waals surface area contributed by atoms with Crippen molar-refractivity contribution in [3.05, 3.63) is 12.2 Å². The van der Waals surface area contributed by atoms with Gasteiger partial charge in [0, 0.05) is 19.6 Å². The molecule has 0 amide bonds. The molecule has 0 aromatic carbocycles. The monoisotopic (exact) mass is 281 g/mol. The highest BCUT2D eigenvalue weighted by Crippen LogP contribution is 2.15. The molecule has 1 aliphatic heterocycles. The van der Waals surface area contributed by atoms with Crippen LogP contribution in [0.25, 0.3) is 0 Å². The van der Waals surface area contributed by atoms with Crippen LogP contribution in [0.5, 0.6) is 0 Å². The number of hydrogen-bond donors (Lipinski definition) is 2. The van der Waals surface area contributed by atoms with Crippen molar-refractivity contribution in [2.45, 2.75) is 45.3 Å². The van der Waals surface area contributed by atoms with E-state index >= 15 is 0 Å². The zero-order valence-electron chi connectivity index (χ0n) is 12.2. The number of carbonyl (C=O) groups is 1. The first-order valence-electron chi connectivity index (χ1n) is 7.12. The SMILES string of the molecule is CCCNC(C)(CCN1CCn2cnnc2C1)C(=O)O. The molecule has 0 fully saturated rings. The van der Waals surface area contributed by atoms with Gasteiger partial charge in [0.1, 0.15) is 17.7 Å². The summed E-state index contributed by atoms with van der Waals surface area (Å²) < 4.78 is 2.04. The smallest absolute Gasteiger partial charge is 0.323 e. The Kier molecular flexibility index (Phi) is 4.72.